The molecule has 0 bridgehead atoms. The van der Waals surface area contributed by atoms with E-state index >= 15 is 0 Å². The Kier molecular flexibility index (Phi) is 4.15. The highest BCUT2D eigenvalue weighted by Gasteiger charge is 2.29. The number of benzene rings is 1. The summed E-state index contributed by atoms with van der Waals surface area (Å²) in [6.45, 7) is 5.85. The Hall–Kier alpha value is -1.52. The number of nitrogens with zero attached hydrogens (tertiary/aromatic N) is 1. The summed E-state index contributed by atoms with van der Waals surface area (Å²) in [5, 5.41) is 4.07. The second kappa shape index (κ2) is 5.21. The predicted molar refractivity (Wildman–Crippen MR) is 63.0 cm³/mol. The number of hydrogen-bond acceptors (Lipinski definition) is 2. The summed E-state index contributed by atoms with van der Waals surface area (Å²) in [5.41, 5.74) is 3.50. The topological polar surface area (TPSA) is 24.4 Å². The summed E-state index contributed by atoms with van der Waals surface area (Å²) in [4.78, 5) is 0. The van der Waals surface area contributed by atoms with E-state index in [0.29, 0.717) is 11.6 Å². The van der Waals surface area contributed by atoms with Crippen molar-refractivity contribution in [3.05, 3.63) is 29.8 Å². The van der Waals surface area contributed by atoms with Gasteiger partial charge in [-0.2, -0.15) is 18.3 Å². The van der Waals surface area contributed by atoms with Gasteiger partial charge in [-0.15, -0.1) is 0 Å². The molecule has 0 aliphatic carbocycles. The fourth-order valence-electron chi connectivity index (χ4n) is 1.02. The van der Waals surface area contributed by atoms with Crippen LogP contribution in [0.5, 0.6) is 0 Å². The fraction of sp³-hybridized carbons (Fsp3) is 0.417. The lowest BCUT2D eigenvalue weighted by Gasteiger charge is -2.08. The molecule has 94 valence electrons. The SMILES string of the molecule is CC(=NNc1ccc(C(F)(F)F)cc1)C(C)C. The first-order valence-corrected chi connectivity index (χ1v) is 5.28. The molecule has 2 nitrogen and oxygen atoms in total. The van der Waals surface area contributed by atoms with Crippen molar-refractivity contribution in [2.24, 2.45) is 11.0 Å². The van der Waals surface area contributed by atoms with Gasteiger partial charge in [0.05, 0.1) is 11.3 Å². The van der Waals surface area contributed by atoms with Gasteiger partial charge in [-0.25, -0.2) is 0 Å². The van der Waals surface area contributed by atoms with Crippen molar-refractivity contribution in [3.8, 4) is 0 Å². The van der Waals surface area contributed by atoms with Crippen molar-refractivity contribution in [2.75, 3.05) is 5.43 Å². The molecule has 0 aromatic heterocycles. The molecule has 5 heteroatoms. The monoisotopic (exact) mass is 244 g/mol. The van der Waals surface area contributed by atoms with Crippen LogP contribution in [0.1, 0.15) is 26.3 Å². The van der Waals surface area contributed by atoms with E-state index in [9.17, 15) is 13.2 Å². The number of hydrazone groups is 1. The third kappa shape index (κ3) is 4.09. The molecule has 0 unspecified atom stereocenters. The number of alkyl halides is 3. The highest BCUT2D eigenvalue weighted by molar-refractivity contribution is 5.84. The van der Waals surface area contributed by atoms with Gasteiger partial charge in [0, 0.05) is 5.71 Å². The van der Waals surface area contributed by atoms with Crippen LogP contribution < -0.4 is 5.43 Å². The minimum absolute atomic E-state index is 0.303. The molecule has 0 atom stereocenters. The van der Waals surface area contributed by atoms with Crippen molar-refractivity contribution >= 4 is 11.4 Å². The maximum Gasteiger partial charge on any atom is 0.416 e. The zero-order valence-electron chi connectivity index (χ0n) is 9.97. The zero-order chi connectivity index (χ0) is 13.1. The maximum absolute atomic E-state index is 12.3. The Balaban J connectivity index is 2.73. The first-order chi connectivity index (χ1) is 7.80. The highest BCUT2D eigenvalue weighted by Crippen LogP contribution is 2.29. The maximum atomic E-state index is 12.3. The third-order valence-electron chi connectivity index (χ3n) is 2.41. The second-order valence-electron chi connectivity index (χ2n) is 4.09. The standard InChI is InChI=1S/C12H15F3N2/c1-8(2)9(3)16-17-11-6-4-10(5-7-11)12(13,14)15/h4-8,17H,1-3H3. The van der Waals surface area contributed by atoms with Crippen molar-refractivity contribution in [2.45, 2.75) is 26.9 Å². The highest BCUT2D eigenvalue weighted by atomic mass is 19.4. The molecule has 1 N–H and O–H groups in total. The molecule has 0 aliphatic heterocycles. The van der Waals surface area contributed by atoms with Crippen molar-refractivity contribution in [1.29, 1.82) is 0 Å². The molecular weight excluding hydrogens is 229 g/mol. The molecule has 0 fully saturated rings. The Morgan fingerprint density at radius 1 is 1.18 bits per heavy atom. The molecule has 0 aliphatic rings. The number of halogens is 3. The molecule has 1 aromatic carbocycles. The van der Waals surface area contributed by atoms with Gasteiger partial charge in [-0.3, -0.25) is 5.43 Å². The average molecular weight is 244 g/mol. The van der Waals surface area contributed by atoms with Crippen LogP contribution in [0.2, 0.25) is 0 Å². The van der Waals surface area contributed by atoms with Gasteiger partial charge in [0.15, 0.2) is 0 Å². The molecule has 0 amide bonds. The Bertz CT molecular complexity index is 391. The van der Waals surface area contributed by atoms with E-state index in [4.69, 9.17) is 0 Å². The van der Waals surface area contributed by atoms with Gasteiger partial charge in [0.2, 0.25) is 0 Å². The van der Waals surface area contributed by atoms with Crippen LogP contribution in [-0.4, -0.2) is 5.71 Å². The van der Waals surface area contributed by atoms with Crippen molar-refractivity contribution in [3.63, 3.8) is 0 Å². The Morgan fingerprint density at radius 2 is 1.71 bits per heavy atom. The average Bonchev–Trinajstić information content (AvgIpc) is 2.25. The molecule has 1 rings (SSSR count). The number of nitrogens with one attached hydrogen (secondary N) is 1. The van der Waals surface area contributed by atoms with E-state index in [1.807, 2.05) is 20.8 Å². The van der Waals surface area contributed by atoms with Crippen molar-refractivity contribution in [1.82, 2.24) is 0 Å². The lowest BCUT2D eigenvalue weighted by molar-refractivity contribution is -0.137. The summed E-state index contributed by atoms with van der Waals surface area (Å²) in [7, 11) is 0. The second-order valence-corrected chi connectivity index (χ2v) is 4.09. The molecule has 17 heavy (non-hydrogen) atoms. The van der Waals surface area contributed by atoms with Crippen molar-refractivity contribution < 1.29 is 13.2 Å². The van der Waals surface area contributed by atoms with Crippen LogP contribution >= 0.6 is 0 Å². The van der Waals surface area contributed by atoms with Gasteiger partial charge in [-0.05, 0) is 37.1 Å². The summed E-state index contributed by atoms with van der Waals surface area (Å²) < 4.78 is 36.9. The van der Waals surface area contributed by atoms with Gasteiger partial charge in [-0.1, -0.05) is 13.8 Å². The lowest BCUT2D eigenvalue weighted by Crippen LogP contribution is -2.06. The van der Waals surface area contributed by atoms with E-state index in [1.165, 1.54) is 12.1 Å². The summed E-state index contributed by atoms with van der Waals surface area (Å²) in [5.74, 6) is 0.303. The van der Waals surface area contributed by atoms with E-state index < -0.39 is 11.7 Å². The van der Waals surface area contributed by atoms with Crippen LogP contribution in [0.25, 0.3) is 0 Å². The van der Waals surface area contributed by atoms with Crippen LogP contribution in [-0.2, 0) is 6.18 Å². The first kappa shape index (κ1) is 13.5. The molecule has 0 heterocycles. The van der Waals surface area contributed by atoms with Crippen LogP contribution in [0.4, 0.5) is 18.9 Å². The normalized spacial score (nSPS) is 13.0. The number of rotatable bonds is 3. The van der Waals surface area contributed by atoms with Gasteiger partial charge in [0.25, 0.3) is 0 Å². The van der Waals surface area contributed by atoms with Gasteiger partial charge >= 0.3 is 6.18 Å². The van der Waals surface area contributed by atoms with Crippen LogP contribution in [0.15, 0.2) is 29.4 Å². The largest absolute Gasteiger partial charge is 0.416 e. The van der Waals surface area contributed by atoms with Gasteiger partial charge < -0.3 is 0 Å². The Morgan fingerprint density at radius 3 is 2.12 bits per heavy atom. The fourth-order valence-corrected chi connectivity index (χ4v) is 1.02. The molecule has 0 radical (unpaired) electrons. The minimum atomic E-state index is -4.30. The van der Waals surface area contributed by atoms with E-state index in [2.05, 4.69) is 10.5 Å². The first-order valence-electron chi connectivity index (χ1n) is 5.28. The minimum Gasteiger partial charge on any atom is -0.279 e. The quantitative estimate of drug-likeness (QED) is 0.627. The van der Waals surface area contributed by atoms with Crippen LogP contribution in [0.3, 0.4) is 0 Å². The molecule has 1 aromatic rings. The summed E-state index contributed by atoms with van der Waals surface area (Å²) >= 11 is 0. The molecule has 0 spiro atoms. The lowest BCUT2D eigenvalue weighted by atomic mass is 10.1. The third-order valence-corrected chi connectivity index (χ3v) is 2.41. The van der Waals surface area contributed by atoms with Crippen LogP contribution in [0, 0.1) is 5.92 Å². The predicted octanol–water partition coefficient (Wildman–Crippen LogP) is 4.15. The van der Waals surface area contributed by atoms with E-state index in [-0.39, 0.29) is 0 Å². The Labute approximate surface area is 98.5 Å². The number of hydrogen-bond donors (Lipinski definition) is 1. The van der Waals surface area contributed by atoms with E-state index in [1.54, 1.807) is 0 Å². The summed E-state index contributed by atoms with van der Waals surface area (Å²) in [6.07, 6.45) is -4.30. The number of anilines is 1. The van der Waals surface area contributed by atoms with Gasteiger partial charge in [0.1, 0.15) is 0 Å². The van der Waals surface area contributed by atoms with E-state index in [0.717, 1.165) is 17.8 Å². The zero-order valence-corrected chi connectivity index (χ0v) is 9.97. The molecule has 0 saturated heterocycles. The molecule has 0 saturated carbocycles. The summed E-state index contributed by atoms with van der Waals surface area (Å²) in [6, 6.07) is 4.78. The smallest absolute Gasteiger partial charge is 0.279 e. The molecular formula is C12H15F3N2.